The number of hydrogen-bond donors (Lipinski definition) is 1. The summed E-state index contributed by atoms with van der Waals surface area (Å²) in [5.41, 5.74) is 1.55. The van der Waals surface area contributed by atoms with Crippen molar-refractivity contribution in [3.8, 4) is 0 Å². The molecule has 0 amide bonds. The molecule has 1 rings (SSSR count). The van der Waals surface area contributed by atoms with Crippen molar-refractivity contribution >= 4 is 21.6 Å². The van der Waals surface area contributed by atoms with E-state index in [9.17, 15) is 0 Å². The largest absolute Gasteiger partial charge is 0.411 e. The van der Waals surface area contributed by atoms with E-state index in [0.717, 1.165) is 10.0 Å². The SMILES string of the molecule is CC(=NO)c1ccc(Br)cc1. The van der Waals surface area contributed by atoms with E-state index in [0.29, 0.717) is 5.71 Å². The fraction of sp³-hybridized carbons (Fsp3) is 0.125. The third-order valence-corrected chi connectivity index (χ3v) is 1.94. The molecule has 2 nitrogen and oxygen atoms in total. The molecule has 0 aliphatic carbocycles. The molecular formula is C8H8BrNO. The maximum absolute atomic E-state index is 8.43. The molecule has 1 N–H and O–H groups in total. The molecule has 0 atom stereocenters. The topological polar surface area (TPSA) is 32.6 Å². The van der Waals surface area contributed by atoms with Gasteiger partial charge in [-0.25, -0.2) is 0 Å². The average molecular weight is 214 g/mol. The lowest BCUT2D eigenvalue weighted by Crippen LogP contribution is -1.92. The summed E-state index contributed by atoms with van der Waals surface area (Å²) in [5, 5.41) is 11.5. The van der Waals surface area contributed by atoms with Crippen LogP contribution >= 0.6 is 15.9 Å². The minimum atomic E-state index is 0.623. The Hall–Kier alpha value is -0.830. The summed E-state index contributed by atoms with van der Waals surface area (Å²) in [6.45, 7) is 1.75. The van der Waals surface area contributed by atoms with Crippen molar-refractivity contribution in [2.24, 2.45) is 5.16 Å². The van der Waals surface area contributed by atoms with Crippen LogP contribution in [0.15, 0.2) is 33.9 Å². The summed E-state index contributed by atoms with van der Waals surface area (Å²) in [4.78, 5) is 0. The van der Waals surface area contributed by atoms with E-state index in [4.69, 9.17) is 5.21 Å². The van der Waals surface area contributed by atoms with Crippen LogP contribution in [0.2, 0.25) is 0 Å². The zero-order valence-electron chi connectivity index (χ0n) is 6.08. The highest BCUT2D eigenvalue weighted by atomic mass is 79.9. The Labute approximate surface area is 73.7 Å². The summed E-state index contributed by atoms with van der Waals surface area (Å²) >= 11 is 3.31. The predicted molar refractivity (Wildman–Crippen MR) is 48.1 cm³/mol. The Morgan fingerprint density at radius 1 is 1.36 bits per heavy atom. The van der Waals surface area contributed by atoms with Crippen LogP contribution in [0.5, 0.6) is 0 Å². The number of hydrogen-bond acceptors (Lipinski definition) is 2. The van der Waals surface area contributed by atoms with Crippen LogP contribution in [-0.4, -0.2) is 10.9 Å². The summed E-state index contributed by atoms with van der Waals surface area (Å²) < 4.78 is 1.02. The van der Waals surface area contributed by atoms with E-state index in [-0.39, 0.29) is 0 Å². The Morgan fingerprint density at radius 3 is 2.36 bits per heavy atom. The quantitative estimate of drug-likeness (QED) is 0.435. The highest BCUT2D eigenvalue weighted by molar-refractivity contribution is 9.10. The lowest BCUT2D eigenvalue weighted by molar-refractivity contribution is 0.319. The molecule has 0 fully saturated rings. The molecule has 0 aliphatic rings. The molecule has 0 bridgehead atoms. The molecule has 0 unspecified atom stereocenters. The van der Waals surface area contributed by atoms with Gasteiger partial charge in [-0.2, -0.15) is 0 Å². The van der Waals surface area contributed by atoms with Crippen LogP contribution in [0.1, 0.15) is 12.5 Å². The van der Waals surface area contributed by atoms with Crippen LogP contribution in [-0.2, 0) is 0 Å². The number of oxime groups is 1. The van der Waals surface area contributed by atoms with Gasteiger partial charge in [0.1, 0.15) is 0 Å². The van der Waals surface area contributed by atoms with Gasteiger partial charge < -0.3 is 5.21 Å². The van der Waals surface area contributed by atoms with E-state index in [1.807, 2.05) is 24.3 Å². The molecule has 3 heteroatoms. The smallest absolute Gasteiger partial charge is 0.0836 e. The van der Waals surface area contributed by atoms with Gasteiger partial charge >= 0.3 is 0 Å². The van der Waals surface area contributed by atoms with Crippen LogP contribution in [0, 0.1) is 0 Å². The molecule has 0 aromatic heterocycles. The number of nitrogens with zero attached hydrogens (tertiary/aromatic N) is 1. The Bertz CT molecular complexity index is 266. The molecule has 0 radical (unpaired) electrons. The zero-order valence-corrected chi connectivity index (χ0v) is 7.67. The van der Waals surface area contributed by atoms with E-state index in [1.165, 1.54) is 0 Å². The number of benzene rings is 1. The molecule has 11 heavy (non-hydrogen) atoms. The molecule has 0 heterocycles. The van der Waals surface area contributed by atoms with Gasteiger partial charge in [-0.15, -0.1) is 0 Å². The van der Waals surface area contributed by atoms with E-state index < -0.39 is 0 Å². The van der Waals surface area contributed by atoms with Gasteiger partial charge in [-0.3, -0.25) is 0 Å². The molecule has 0 spiro atoms. The summed E-state index contributed by atoms with van der Waals surface area (Å²) in [5.74, 6) is 0. The van der Waals surface area contributed by atoms with Gasteiger partial charge in [0.2, 0.25) is 0 Å². The second kappa shape index (κ2) is 3.53. The van der Waals surface area contributed by atoms with Gasteiger partial charge in [-0.05, 0) is 24.6 Å². The van der Waals surface area contributed by atoms with Crippen molar-refractivity contribution in [2.75, 3.05) is 0 Å². The Morgan fingerprint density at radius 2 is 1.91 bits per heavy atom. The predicted octanol–water partition coefficient (Wildman–Crippen LogP) is 2.65. The Balaban J connectivity index is 2.99. The number of halogens is 1. The maximum Gasteiger partial charge on any atom is 0.0836 e. The number of rotatable bonds is 1. The van der Waals surface area contributed by atoms with Gasteiger partial charge in [-0.1, -0.05) is 33.2 Å². The molecule has 1 aromatic rings. The molecule has 0 saturated carbocycles. The van der Waals surface area contributed by atoms with Gasteiger partial charge in [0.25, 0.3) is 0 Å². The lowest BCUT2D eigenvalue weighted by atomic mass is 10.1. The highest BCUT2D eigenvalue weighted by Crippen LogP contribution is 2.10. The highest BCUT2D eigenvalue weighted by Gasteiger charge is 1.95. The van der Waals surface area contributed by atoms with Crippen molar-refractivity contribution in [2.45, 2.75) is 6.92 Å². The second-order valence-corrected chi connectivity index (χ2v) is 3.11. The maximum atomic E-state index is 8.43. The van der Waals surface area contributed by atoms with Crippen LogP contribution in [0.4, 0.5) is 0 Å². The van der Waals surface area contributed by atoms with E-state index >= 15 is 0 Å². The first kappa shape index (κ1) is 8.27. The standard InChI is InChI=1S/C8H8BrNO/c1-6(10-11)7-2-4-8(9)5-3-7/h2-5,11H,1H3. The summed E-state index contributed by atoms with van der Waals surface area (Å²) in [6.07, 6.45) is 0. The van der Waals surface area contributed by atoms with Crippen molar-refractivity contribution in [3.05, 3.63) is 34.3 Å². The van der Waals surface area contributed by atoms with E-state index in [2.05, 4.69) is 21.1 Å². The Kier molecular flexibility index (Phi) is 2.65. The van der Waals surface area contributed by atoms with Crippen LogP contribution in [0.3, 0.4) is 0 Å². The molecule has 0 saturated heterocycles. The normalized spacial score (nSPS) is 11.6. The summed E-state index contributed by atoms with van der Waals surface area (Å²) in [6, 6.07) is 7.59. The molecule has 0 aliphatic heterocycles. The third-order valence-electron chi connectivity index (χ3n) is 1.41. The van der Waals surface area contributed by atoms with Crippen LogP contribution < -0.4 is 0 Å². The fourth-order valence-corrected chi connectivity index (χ4v) is 1.01. The molecule has 1 aromatic carbocycles. The first-order valence-electron chi connectivity index (χ1n) is 3.18. The first-order valence-corrected chi connectivity index (χ1v) is 3.98. The average Bonchev–Trinajstić information content (AvgIpc) is 2.05. The van der Waals surface area contributed by atoms with Crippen LogP contribution in [0.25, 0.3) is 0 Å². The van der Waals surface area contributed by atoms with Gasteiger partial charge in [0.05, 0.1) is 5.71 Å². The minimum Gasteiger partial charge on any atom is -0.411 e. The van der Waals surface area contributed by atoms with Crippen molar-refractivity contribution in [1.82, 2.24) is 0 Å². The van der Waals surface area contributed by atoms with Crippen molar-refractivity contribution < 1.29 is 5.21 Å². The fourth-order valence-electron chi connectivity index (χ4n) is 0.749. The zero-order chi connectivity index (χ0) is 8.27. The van der Waals surface area contributed by atoms with Gasteiger partial charge in [0.15, 0.2) is 0 Å². The minimum absolute atomic E-state index is 0.623. The van der Waals surface area contributed by atoms with Gasteiger partial charge in [0, 0.05) is 4.47 Å². The monoisotopic (exact) mass is 213 g/mol. The molecule has 58 valence electrons. The summed E-state index contributed by atoms with van der Waals surface area (Å²) in [7, 11) is 0. The molecular weight excluding hydrogens is 206 g/mol. The second-order valence-electron chi connectivity index (χ2n) is 2.19. The first-order chi connectivity index (χ1) is 5.24. The lowest BCUT2D eigenvalue weighted by Gasteiger charge is -1.96. The van der Waals surface area contributed by atoms with E-state index in [1.54, 1.807) is 6.92 Å². The van der Waals surface area contributed by atoms with Crippen molar-refractivity contribution in [1.29, 1.82) is 0 Å². The third kappa shape index (κ3) is 2.05. The van der Waals surface area contributed by atoms with Crippen molar-refractivity contribution in [3.63, 3.8) is 0 Å².